The summed E-state index contributed by atoms with van der Waals surface area (Å²) in [6.07, 6.45) is 7.30. The van der Waals surface area contributed by atoms with Crippen LogP contribution in [0.15, 0.2) is 30.5 Å². The Morgan fingerprint density at radius 1 is 1.21 bits per heavy atom. The summed E-state index contributed by atoms with van der Waals surface area (Å²) in [5.74, 6) is 0. The molecule has 1 fully saturated rings. The SMILES string of the molecule is CCCC1(CNCc2cnc3ccccc3n2)CC1. The van der Waals surface area contributed by atoms with E-state index < -0.39 is 0 Å². The summed E-state index contributed by atoms with van der Waals surface area (Å²) in [4.78, 5) is 9.08. The third kappa shape index (κ3) is 2.92. The van der Waals surface area contributed by atoms with Crippen LogP contribution in [0.2, 0.25) is 0 Å². The lowest BCUT2D eigenvalue weighted by molar-refractivity contribution is 0.419. The van der Waals surface area contributed by atoms with Crippen molar-refractivity contribution < 1.29 is 0 Å². The predicted molar refractivity (Wildman–Crippen MR) is 77.8 cm³/mol. The molecule has 1 heterocycles. The minimum absolute atomic E-state index is 0.596. The molecule has 1 aliphatic rings. The Morgan fingerprint density at radius 2 is 2.00 bits per heavy atom. The standard InChI is InChI=1S/C16H21N3/c1-2-7-16(8-9-16)12-17-10-13-11-18-14-5-3-4-6-15(14)19-13/h3-6,11,17H,2,7-10,12H2,1H3. The average molecular weight is 255 g/mol. The number of hydrogen-bond acceptors (Lipinski definition) is 3. The third-order valence-electron chi connectivity index (χ3n) is 4.04. The van der Waals surface area contributed by atoms with Crippen LogP contribution in [-0.4, -0.2) is 16.5 Å². The maximum atomic E-state index is 4.64. The fourth-order valence-electron chi connectivity index (χ4n) is 2.76. The molecule has 100 valence electrons. The van der Waals surface area contributed by atoms with Gasteiger partial charge in [-0.15, -0.1) is 0 Å². The Morgan fingerprint density at radius 3 is 2.74 bits per heavy atom. The van der Waals surface area contributed by atoms with E-state index in [9.17, 15) is 0 Å². The van der Waals surface area contributed by atoms with E-state index in [-0.39, 0.29) is 0 Å². The monoisotopic (exact) mass is 255 g/mol. The molecule has 1 aliphatic carbocycles. The highest BCUT2D eigenvalue weighted by molar-refractivity contribution is 5.73. The van der Waals surface area contributed by atoms with Gasteiger partial charge in [-0.2, -0.15) is 0 Å². The van der Waals surface area contributed by atoms with Gasteiger partial charge >= 0.3 is 0 Å². The molecule has 3 heteroatoms. The van der Waals surface area contributed by atoms with Gasteiger partial charge in [0.1, 0.15) is 0 Å². The fourth-order valence-corrected chi connectivity index (χ4v) is 2.76. The first kappa shape index (κ1) is 12.5. The normalized spacial score (nSPS) is 16.7. The Hall–Kier alpha value is -1.48. The second-order valence-corrected chi connectivity index (χ2v) is 5.70. The first-order valence-corrected chi connectivity index (χ1v) is 7.23. The third-order valence-corrected chi connectivity index (χ3v) is 4.04. The molecule has 0 atom stereocenters. The number of rotatable bonds is 6. The van der Waals surface area contributed by atoms with Crippen molar-refractivity contribution >= 4 is 11.0 Å². The molecule has 1 aromatic heterocycles. The number of hydrogen-bond donors (Lipinski definition) is 1. The van der Waals surface area contributed by atoms with Crippen molar-refractivity contribution in [2.45, 2.75) is 39.2 Å². The molecule has 0 unspecified atom stereocenters. The van der Waals surface area contributed by atoms with Gasteiger partial charge in [-0.1, -0.05) is 25.5 Å². The summed E-state index contributed by atoms with van der Waals surface area (Å²) < 4.78 is 0. The molecule has 19 heavy (non-hydrogen) atoms. The molecule has 3 nitrogen and oxygen atoms in total. The number of fused-ring (bicyclic) bond motifs is 1. The molecule has 0 amide bonds. The van der Waals surface area contributed by atoms with Crippen molar-refractivity contribution in [3.05, 3.63) is 36.2 Å². The Labute approximate surface area is 114 Å². The van der Waals surface area contributed by atoms with Gasteiger partial charge in [-0.05, 0) is 36.8 Å². The summed E-state index contributed by atoms with van der Waals surface area (Å²) in [5, 5.41) is 3.55. The van der Waals surface area contributed by atoms with Crippen molar-refractivity contribution in [1.82, 2.24) is 15.3 Å². The molecule has 0 aliphatic heterocycles. The second-order valence-electron chi connectivity index (χ2n) is 5.70. The average Bonchev–Trinajstić information content (AvgIpc) is 3.19. The molecule has 3 rings (SSSR count). The molecule has 1 N–H and O–H groups in total. The van der Waals surface area contributed by atoms with Gasteiger partial charge < -0.3 is 5.32 Å². The van der Waals surface area contributed by atoms with E-state index in [4.69, 9.17) is 0 Å². The van der Waals surface area contributed by atoms with E-state index in [1.165, 1.54) is 25.7 Å². The maximum absolute atomic E-state index is 4.64. The lowest BCUT2D eigenvalue weighted by Crippen LogP contribution is -2.24. The van der Waals surface area contributed by atoms with Crippen LogP contribution < -0.4 is 5.32 Å². The van der Waals surface area contributed by atoms with E-state index in [0.29, 0.717) is 5.41 Å². The highest BCUT2D eigenvalue weighted by Gasteiger charge is 2.40. The van der Waals surface area contributed by atoms with Crippen LogP contribution in [0.1, 0.15) is 38.3 Å². The zero-order chi connectivity index (χ0) is 13.1. The van der Waals surface area contributed by atoms with E-state index in [0.717, 1.165) is 29.8 Å². The number of nitrogens with one attached hydrogen (secondary N) is 1. The summed E-state index contributed by atoms with van der Waals surface area (Å²) in [6.45, 7) is 4.22. The van der Waals surface area contributed by atoms with Crippen LogP contribution in [0.3, 0.4) is 0 Å². The molecule has 1 saturated carbocycles. The molecule has 0 saturated heterocycles. The van der Waals surface area contributed by atoms with Gasteiger partial charge in [-0.25, -0.2) is 4.98 Å². The van der Waals surface area contributed by atoms with Crippen molar-refractivity contribution in [3.63, 3.8) is 0 Å². The van der Waals surface area contributed by atoms with Crippen LogP contribution >= 0.6 is 0 Å². The first-order valence-electron chi connectivity index (χ1n) is 7.23. The fraction of sp³-hybridized carbons (Fsp3) is 0.500. The summed E-state index contributed by atoms with van der Waals surface area (Å²) >= 11 is 0. The van der Waals surface area contributed by atoms with Gasteiger partial charge in [0.15, 0.2) is 0 Å². The van der Waals surface area contributed by atoms with Crippen molar-refractivity contribution in [1.29, 1.82) is 0 Å². The molecule has 1 aromatic carbocycles. The van der Waals surface area contributed by atoms with Crippen LogP contribution in [-0.2, 0) is 6.54 Å². The molecular formula is C16H21N3. The largest absolute Gasteiger partial charge is 0.311 e. The van der Waals surface area contributed by atoms with E-state index >= 15 is 0 Å². The van der Waals surface area contributed by atoms with E-state index in [1.807, 2.05) is 30.5 Å². The topological polar surface area (TPSA) is 37.8 Å². The quantitative estimate of drug-likeness (QED) is 0.860. The predicted octanol–water partition coefficient (Wildman–Crippen LogP) is 3.30. The van der Waals surface area contributed by atoms with Crippen molar-refractivity contribution in [2.24, 2.45) is 5.41 Å². The molecule has 0 bridgehead atoms. The van der Waals surface area contributed by atoms with E-state index in [2.05, 4.69) is 22.2 Å². The lowest BCUT2D eigenvalue weighted by atomic mass is 10.0. The van der Waals surface area contributed by atoms with Gasteiger partial charge in [0.2, 0.25) is 0 Å². The highest BCUT2D eigenvalue weighted by Crippen LogP contribution is 2.48. The lowest BCUT2D eigenvalue weighted by Gasteiger charge is -2.14. The summed E-state index contributed by atoms with van der Waals surface area (Å²) in [7, 11) is 0. The van der Waals surface area contributed by atoms with E-state index in [1.54, 1.807) is 0 Å². The van der Waals surface area contributed by atoms with Gasteiger partial charge in [0, 0.05) is 13.1 Å². The van der Waals surface area contributed by atoms with Crippen LogP contribution in [0, 0.1) is 5.41 Å². The molecule has 0 radical (unpaired) electrons. The number of benzene rings is 1. The number of nitrogens with zero attached hydrogens (tertiary/aromatic N) is 2. The smallest absolute Gasteiger partial charge is 0.0890 e. The van der Waals surface area contributed by atoms with Crippen molar-refractivity contribution in [2.75, 3.05) is 6.54 Å². The second kappa shape index (κ2) is 5.25. The zero-order valence-electron chi connectivity index (χ0n) is 11.5. The van der Waals surface area contributed by atoms with Crippen LogP contribution in [0.4, 0.5) is 0 Å². The van der Waals surface area contributed by atoms with Gasteiger partial charge in [0.05, 0.1) is 22.9 Å². The van der Waals surface area contributed by atoms with Gasteiger partial charge in [0.25, 0.3) is 0 Å². The maximum Gasteiger partial charge on any atom is 0.0890 e. The van der Waals surface area contributed by atoms with Gasteiger partial charge in [-0.3, -0.25) is 4.98 Å². The Kier molecular flexibility index (Phi) is 3.47. The number of para-hydroxylation sites is 2. The van der Waals surface area contributed by atoms with Crippen LogP contribution in [0.25, 0.3) is 11.0 Å². The summed E-state index contributed by atoms with van der Waals surface area (Å²) in [5.41, 5.74) is 3.58. The van der Waals surface area contributed by atoms with Crippen molar-refractivity contribution in [3.8, 4) is 0 Å². The highest BCUT2D eigenvalue weighted by atomic mass is 14.9. The van der Waals surface area contributed by atoms with Crippen LogP contribution in [0.5, 0.6) is 0 Å². The number of aromatic nitrogens is 2. The molecule has 0 spiro atoms. The minimum Gasteiger partial charge on any atom is -0.311 e. The Bertz CT molecular complexity index is 561. The minimum atomic E-state index is 0.596. The Balaban J connectivity index is 1.59. The molecule has 2 aromatic rings. The molecular weight excluding hydrogens is 234 g/mol. The first-order chi connectivity index (χ1) is 9.31. The summed E-state index contributed by atoms with van der Waals surface area (Å²) in [6, 6.07) is 8.02. The zero-order valence-corrected chi connectivity index (χ0v) is 11.5.